The summed E-state index contributed by atoms with van der Waals surface area (Å²) in [4.78, 5) is 22.5. The summed E-state index contributed by atoms with van der Waals surface area (Å²) < 4.78 is 10.7. The van der Waals surface area contributed by atoms with Crippen LogP contribution in [0.25, 0.3) is 22.4 Å². The van der Waals surface area contributed by atoms with Gasteiger partial charge in [0.25, 0.3) is 11.6 Å². The van der Waals surface area contributed by atoms with E-state index in [9.17, 15) is 4.79 Å². The van der Waals surface area contributed by atoms with Crippen molar-refractivity contribution >= 4 is 17.0 Å². The first-order valence-electron chi connectivity index (χ1n) is 11.1. The van der Waals surface area contributed by atoms with Crippen molar-refractivity contribution in [2.24, 2.45) is 0 Å². The van der Waals surface area contributed by atoms with Gasteiger partial charge < -0.3 is 14.2 Å². The average molecular weight is 443 g/mol. The van der Waals surface area contributed by atoms with Gasteiger partial charge in [0, 0.05) is 38.3 Å². The molecule has 3 heterocycles. The number of carbonyl (C=O) groups excluding carboxylic acids is 1. The Labute approximate surface area is 192 Å². The zero-order valence-electron chi connectivity index (χ0n) is 18.8. The SMILES string of the molecule is COc1ccc(-c2cc(C(=O)N3CCN(Cc4ccccc4)CC3)c3c(C)noc3n2)cc1. The van der Waals surface area contributed by atoms with Gasteiger partial charge in [-0.2, -0.15) is 0 Å². The van der Waals surface area contributed by atoms with Gasteiger partial charge in [-0.05, 0) is 42.8 Å². The first kappa shape index (κ1) is 21.2. The van der Waals surface area contributed by atoms with Crippen LogP contribution in [0.1, 0.15) is 21.6 Å². The molecule has 1 fully saturated rings. The lowest BCUT2D eigenvalue weighted by Crippen LogP contribution is -2.48. The molecule has 1 aliphatic heterocycles. The van der Waals surface area contributed by atoms with Crippen molar-refractivity contribution in [3.8, 4) is 17.0 Å². The second kappa shape index (κ2) is 9.03. The largest absolute Gasteiger partial charge is 0.497 e. The van der Waals surface area contributed by atoms with Crippen molar-refractivity contribution < 1.29 is 14.1 Å². The van der Waals surface area contributed by atoms with E-state index in [4.69, 9.17) is 9.26 Å². The molecule has 7 heteroatoms. The van der Waals surface area contributed by atoms with E-state index >= 15 is 0 Å². The lowest BCUT2D eigenvalue weighted by Gasteiger charge is -2.35. The molecular formula is C26H26N4O3. The lowest BCUT2D eigenvalue weighted by atomic mass is 10.0. The summed E-state index contributed by atoms with van der Waals surface area (Å²) in [5.41, 5.74) is 4.48. The third kappa shape index (κ3) is 4.32. The van der Waals surface area contributed by atoms with Gasteiger partial charge >= 0.3 is 0 Å². The van der Waals surface area contributed by atoms with E-state index in [2.05, 4.69) is 39.3 Å². The second-order valence-electron chi connectivity index (χ2n) is 8.29. The monoisotopic (exact) mass is 442 g/mol. The molecule has 0 bridgehead atoms. The van der Waals surface area contributed by atoms with Crippen LogP contribution in [0.15, 0.2) is 65.2 Å². The van der Waals surface area contributed by atoms with Gasteiger partial charge in [-0.15, -0.1) is 0 Å². The van der Waals surface area contributed by atoms with Crippen LogP contribution in [0.3, 0.4) is 0 Å². The maximum absolute atomic E-state index is 13.6. The topological polar surface area (TPSA) is 71.7 Å². The van der Waals surface area contributed by atoms with Crippen LogP contribution in [0.5, 0.6) is 5.75 Å². The number of hydrogen-bond acceptors (Lipinski definition) is 6. The van der Waals surface area contributed by atoms with Gasteiger partial charge in [0.15, 0.2) is 0 Å². The number of carbonyl (C=O) groups is 1. The average Bonchev–Trinajstić information content (AvgIpc) is 3.25. The maximum Gasteiger partial charge on any atom is 0.259 e. The van der Waals surface area contributed by atoms with Gasteiger partial charge in [0.05, 0.1) is 29.4 Å². The Morgan fingerprint density at radius 3 is 2.45 bits per heavy atom. The number of ether oxygens (including phenoxy) is 1. The molecule has 1 saturated heterocycles. The van der Waals surface area contributed by atoms with Crippen LogP contribution < -0.4 is 4.74 Å². The van der Waals surface area contributed by atoms with Gasteiger partial charge in [-0.1, -0.05) is 35.5 Å². The van der Waals surface area contributed by atoms with Crippen LogP contribution in [0.4, 0.5) is 0 Å². The van der Waals surface area contributed by atoms with Crippen molar-refractivity contribution in [2.45, 2.75) is 13.5 Å². The number of benzene rings is 2. The van der Waals surface area contributed by atoms with Crippen molar-refractivity contribution in [2.75, 3.05) is 33.3 Å². The molecule has 7 nitrogen and oxygen atoms in total. The van der Waals surface area contributed by atoms with Gasteiger partial charge in [0.2, 0.25) is 0 Å². The molecule has 0 N–H and O–H groups in total. The quantitative estimate of drug-likeness (QED) is 0.462. The van der Waals surface area contributed by atoms with Gasteiger partial charge in [0.1, 0.15) is 5.75 Å². The summed E-state index contributed by atoms with van der Waals surface area (Å²) in [6, 6.07) is 19.9. The smallest absolute Gasteiger partial charge is 0.259 e. The fourth-order valence-corrected chi connectivity index (χ4v) is 4.29. The van der Waals surface area contributed by atoms with Gasteiger partial charge in [-0.25, -0.2) is 4.98 Å². The summed E-state index contributed by atoms with van der Waals surface area (Å²) in [5.74, 6) is 0.753. The highest BCUT2D eigenvalue weighted by molar-refractivity contribution is 6.07. The van der Waals surface area contributed by atoms with Crippen molar-refractivity contribution in [1.29, 1.82) is 0 Å². The Morgan fingerprint density at radius 1 is 1.03 bits per heavy atom. The molecule has 33 heavy (non-hydrogen) atoms. The Morgan fingerprint density at radius 2 is 1.76 bits per heavy atom. The standard InChI is InChI=1S/C26H26N4O3/c1-18-24-22(16-23(27-25(24)33-28-18)20-8-10-21(32-2)11-9-20)26(31)30-14-12-29(13-15-30)17-19-6-4-3-5-7-19/h3-11,16H,12-15,17H2,1-2H3. The highest BCUT2D eigenvalue weighted by Gasteiger charge is 2.26. The molecular weight excluding hydrogens is 416 g/mol. The summed E-state index contributed by atoms with van der Waals surface area (Å²) in [6.07, 6.45) is 0. The fourth-order valence-electron chi connectivity index (χ4n) is 4.29. The number of aryl methyl sites for hydroxylation is 1. The van der Waals surface area contributed by atoms with E-state index in [-0.39, 0.29) is 5.91 Å². The van der Waals surface area contributed by atoms with Crippen molar-refractivity contribution in [3.63, 3.8) is 0 Å². The minimum absolute atomic E-state index is 0.0113. The number of hydrogen-bond donors (Lipinski definition) is 0. The zero-order valence-corrected chi connectivity index (χ0v) is 18.8. The Kier molecular flexibility index (Phi) is 5.79. The molecule has 1 aliphatic rings. The maximum atomic E-state index is 13.6. The summed E-state index contributed by atoms with van der Waals surface area (Å²) >= 11 is 0. The second-order valence-corrected chi connectivity index (χ2v) is 8.29. The van der Waals surface area contributed by atoms with E-state index in [1.165, 1.54) is 5.56 Å². The number of amides is 1. The minimum atomic E-state index is -0.0113. The molecule has 168 valence electrons. The van der Waals surface area contributed by atoms with Gasteiger partial charge in [-0.3, -0.25) is 9.69 Å². The van der Waals surface area contributed by atoms with Crippen LogP contribution >= 0.6 is 0 Å². The van der Waals surface area contributed by atoms with E-state index in [1.54, 1.807) is 7.11 Å². The Balaban J connectivity index is 1.39. The molecule has 4 aromatic rings. The predicted octanol–water partition coefficient (Wildman–Crippen LogP) is 4.16. The molecule has 0 atom stereocenters. The third-order valence-electron chi connectivity index (χ3n) is 6.14. The molecule has 2 aromatic heterocycles. The van der Waals surface area contributed by atoms with Crippen molar-refractivity contribution in [3.05, 3.63) is 77.5 Å². The molecule has 2 aromatic carbocycles. The van der Waals surface area contributed by atoms with Crippen LogP contribution in [0.2, 0.25) is 0 Å². The minimum Gasteiger partial charge on any atom is -0.497 e. The first-order chi connectivity index (χ1) is 16.1. The van der Waals surface area contributed by atoms with E-state index in [0.717, 1.165) is 30.9 Å². The highest BCUT2D eigenvalue weighted by Crippen LogP contribution is 2.29. The number of nitrogens with zero attached hydrogens (tertiary/aromatic N) is 4. The molecule has 0 aliphatic carbocycles. The molecule has 0 unspecified atom stereocenters. The Bertz CT molecular complexity index is 1260. The van der Waals surface area contributed by atoms with E-state index in [0.29, 0.717) is 41.1 Å². The highest BCUT2D eigenvalue weighted by atomic mass is 16.5. The summed E-state index contributed by atoms with van der Waals surface area (Å²) in [5, 5.41) is 4.75. The predicted molar refractivity (Wildman–Crippen MR) is 126 cm³/mol. The number of piperazine rings is 1. The lowest BCUT2D eigenvalue weighted by molar-refractivity contribution is 0.0630. The van der Waals surface area contributed by atoms with Crippen molar-refractivity contribution in [1.82, 2.24) is 19.9 Å². The molecule has 0 spiro atoms. The third-order valence-corrected chi connectivity index (χ3v) is 6.14. The zero-order chi connectivity index (χ0) is 22.8. The number of rotatable bonds is 5. The molecule has 5 rings (SSSR count). The number of pyridine rings is 1. The molecule has 0 saturated carbocycles. The van der Waals surface area contributed by atoms with Crippen LogP contribution in [-0.4, -0.2) is 59.1 Å². The molecule has 0 radical (unpaired) electrons. The molecule has 1 amide bonds. The number of fused-ring (bicyclic) bond motifs is 1. The summed E-state index contributed by atoms with van der Waals surface area (Å²) in [7, 11) is 1.63. The van der Waals surface area contributed by atoms with E-state index in [1.807, 2.05) is 48.2 Å². The number of methoxy groups -OCH3 is 1. The van der Waals surface area contributed by atoms with E-state index < -0.39 is 0 Å². The normalized spacial score (nSPS) is 14.5. The Hall–Kier alpha value is -3.71. The fraction of sp³-hybridized carbons (Fsp3) is 0.269. The van der Waals surface area contributed by atoms with Crippen LogP contribution in [-0.2, 0) is 6.54 Å². The number of aromatic nitrogens is 2. The first-order valence-corrected chi connectivity index (χ1v) is 11.1. The summed E-state index contributed by atoms with van der Waals surface area (Å²) in [6.45, 7) is 5.77. The van der Waals surface area contributed by atoms with Crippen LogP contribution in [0, 0.1) is 6.92 Å².